The first-order chi connectivity index (χ1) is 13.3. The van der Waals surface area contributed by atoms with Crippen molar-refractivity contribution in [3.63, 3.8) is 0 Å². The molecule has 7 nitrogen and oxygen atoms in total. The molecule has 0 aliphatic carbocycles. The summed E-state index contributed by atoms with van der Waals surface area (Å²) >= 11 is 0. The number of hydrogen-bond acceptors (Lipinski definition) is 5. The molecule has 1 aromatic heterocycles. The molecule has 8 heteroatoms. The average Bonchev–Trinajstić information content (AvgIpc) is 2.86. The zero-order chi connectivity index (χ0) is 20.3. The highest BCUT2D eigenvalue weighted by Crippen LogP contribution is 2.18. The number of rotatable bonds is 5. The predicted molar refractivity (Wildman–Crippen MR) is 98.6 cm³/mol. The van der Waals surface area contributed by atoms with Gasteiger partial charge in [-0.3, -0.25) is 9.59 Å². The van der Waals surface area contributed by atoms with Crippen molar-refractivity contribution in [2.75, 3.05) is 19.6 Å². The van der Waals surface area contributed by atoms with Crippen LogP contribution in [0.4, 0.5) is 4.39 Å². The normalized spacial score (nSPS) is 17.7. The topological polar surface area (TPSA) is 75.9 Å². The third-order valence-corrected chi connectivity index (χ3v) is 4.88. The van der Waals surface area contributed by atoms with Gasteiger partial charge < -0.3 is 19.1 Å². The Hall–Kier alpha value is -2.74. The van der Waals surface area contributed by atoms with Crippen molar-refractivity contribution in [3.05, 3.63) is 52.7 Å². The number of carbonyl (C=O) groups is 2. The standard InChI is InChI=1S/C20H24FN3O4/c1-13-19(14(2)28-22-13)10-24-9-18(8-23(15(3)25)11-20(24)26)27-12-16-5-4-6-17(21)7-16/h4-7,18H,8-12H2,1-3H3. The van der Waals surface area contributed by atoms with Gasteiger partial charge in [-0.25, -0.2) is 4.39 Å². The van der Waals surface area contributed by atoms with E-state index in [0.717, 1.165) is 11.3 Å². The smallest absolute Gasteiger partial charge is 0.242 e. The van der Waals surface area contributed by atoms with E-state index in [4.69, 9.17) is 9.26 Å². The molecule has 150 valence electrons. The molecule has 0 saturated carbocycles. The molecule has 2 amide bonds. The van der Waals surface area contributed by atoms with E-state index in [0.29, 0.717) is 31.0 Å². The highest BCUT2D eigenvalue weighted by molar-refractivity contribution is 5.84. The Labute approximate surface area is 163 Å². The van der Waals surface area contributed by atoms with E-state index in [2.05, 4.69) is 5.16 Å². The van der Waals surface area contributed by atoms with Gasteiger partial charge in [0.25, 0.3) is 0 Å². The molecule has 2 heterocycles. The summed E-state index contributed by atoms with van der Waals surface area (Å²) in [4.78, 5) is 27.8. The molecule has 3 rings (SSSR count). The molecule has 0 radical (unpaired) electrons. The third kappa shape index (κ3) is 4.75. The van der Waals surface area contributed by atoms with Crippen molar-refractivity contribution < 1.29 is 23.2 Å². The van der Waals surface area contributed by atoms with Crippen LogP contribution in [0.15, 0.2) is 28.8 Å². The maximum Gasteiger partial charge on any atom is 0.242 e. The van der Waals surface area contributed by atoms with Gasteiger partial charge in [-0.1, -0.05) is 17.3 Å². The second-order valence-electron chi connectivity index (χ2n) is 7.04. The largest absolute Gasteiger partial charge is 0.370 e. The Balaban J connectivity index is 1.75. The van der Waals surface area contributed by atoms with E-state index in [9.17, 15) is 14.0 Å². The van der Waals surface area contributed by atoms with Crippen LogP contribution in [0.2, 0.25) is 0 Å². The summed E-state index contributed by atoms with van der Waals surface area (Å²) in [5, 5.41) is 3.93. The van der Waals surface area contributed by atoms with Gasteiger partial charge >= 0.3 is 0 Å². The molecule has 1 saturated heterocycles. The van der Waals surface area contributed by atoms with Crippen molar-refractivity contribution in [2.45, 2.75) is 40.0 Å². The maximum atomic E-state index is 13.4. The van der Waals surface area contributed by atoms with Gasteiger partial charge in [-0.2, -0.15) is 0 Å². The number of halogens is 1. The fourth-order valence-electron chi connectivity index (χ4n) is 3.24. The molecule has 1 unspecified atom stereocenters. The summed E-state index contributed by atoms with van der Waals surface area (Å²) in [6.45, 7) is 6.22. The lowest BCUT2D eigenvalue weighted by Crippen LogP contribution is -2.38. The van der Waals surface area contributed by atoms with Gasteiger partial charge in [0.2, 0.25) is 11.8 Å². The monoisotopic (exact) mass is 389 g/mol. The second-order valence-corrected chi connectivity index (χ2v) is 7.04. The first-order valence-electron chi connectivity index (χ1n) is 9.14. The Bertz CT molecular complexity index is 847. The highest BCUT2D eigenvalue weighted by atomic mass is 19.1. The first kappa shape index (κ1) is 20.0. The quantitative estimate of drug-likeness (QED) is 0.784. The lowest BCUT2D eigenvalue weighted by Gasteiger charge is -2.24. The van der Waals surface area contributed by atoms with Crippen LogP contribution in [0.25, 0.3) is 0 Å². The molecule has 0 N–H and O–H groups in total. The maximum absolute atomic E-state index is 13.4. The van der Waals surface area contributed by atoms with Gasteiger partial charge in [-0.05, 0) is 31.5 Å². The van der Waals surface area contributed by atoms with Crippen molar-refractivity contribution in [1.82, 2.24) is 15.0 Å². The third-order valence-electron chi connectivity index (χ3n) is 4.88. The minimum absolute atomic E-state index is 0.00145. The van der Waals surface area contributed by atoms with Gasteiger partial charge in [0.15, 0.2) is 0 Å². The number of nitrogens with zero attached hydrogens (tertiary/aromatic N) is 3. The molecule has 0 bridgehead atoms. The van der Waals surface area contributed by atoms with Crippen molar-refractivity contribution in [2.24, 2.45) is 0 Å². The lowest BCUT2D eigenvalue weighted by molar-refractivity contribution is -0.137. The van der Waals surface area contributed by atoms with Crippen LogP contribution in [-0.2, 0) is 27.5 Å². The number of amides is 2. The number of ether oxygens (including phenoxy) is 1. The Morgan fingerprint density at radius 2 is 2.14 bits per heavy atom. The van der Waals surface area contributed by atoms with Gasteiger partial charge in [0.05, 0.1) is 31.5 Å². The van der Waals surface area contributed by atoms with E-state index in [-0.39, 0.29) is 36.9 Å². The summed E-state index contributed by atoms with van der Waals surface area (Å²) in [5.74, 6) is -0.0170. The van der Waals surface area contributed by atoms with Crippen molar-refractivity contribution in [3.8, 4) is 0 Å². The van der Waals surface area contributed by atoms with Crippen LogP contribution in [0.3, 0.4) is 0 Å². The van der Waals surface area contributed by atoms with Crippen LogP contribution in [-0.4, -0.2) is 52.5 Å². The fraction of sp³-hybridized carbons (Fsp3) is 0.450. The highest BCUT2D eigenvalue weighted by Gasteiger charge is 2.30. The predicted octanol–water partition coefficient (Wildman–Crippen LogP) is 2.21. The second kappa shape index (κ2) is 8.52. The molecular weight excluding hydrogens is 365 g/mol. The SMILES string of the molecule is CC(=O)N1CC(=O)N(Cc2c(C)noc2C)CC(OCc2cccc(F)c2)C1. The fourth-order valence-corrected chi connectivity index (χ4v) is 3.24. The molecule has 1 aromatic carbocycles. The van der Waals surface area contributed by atoms with E-state index >= 15 is 0 Å². The van der Waals surface area contributed by atoms with E-state index < -0.39 is 0 Å². The number of carbonyl (C=O) groups excluding carboxylic acids is 2. The van der Waals surface area contributed by atoms with Crippen LogP contribution >= 0.6 is 0 Å². The summed E-state index contributed by atoms with van der Waals surface area (Å²) < 4.78 is 24.5. The summed E-state index contributed by atoms with van der Waals surface area (Å²) in [5.41, 5.74) is 2.28. The Morgan fingerprint density at radius 3 is 2.79 bits per heavy atom. The summed E-state index contributed by atoms with van der Waals surface area (Å²) in [7, 11) is 0. The molecule has 2 aromatic rings. The molecule has 1 atom stereocenters. The van der Waals surface area contributed by atoms with E-state index in [1.807, 2.05) is 6.92 Å². The van der Waals surface area contributed by atoms with Crippen LogP contribution in [0.1, 0.15) is 29.5 Å². The zero-order valence-corrected chi connectivity index (χ0v) is 16.3. The molecule has 1 fully saturated rings. The van der Waals surface area contributed by atoms with Gasteiger partial charge in [-0.15, -0.1) is 0 Å². The van der Waals surface area contributed by atoms with Crippen LogP contribution < -0.4 is 0 Å². The number of hydrogen-bond donors (Lipinski definition) is 0. The lowest BCUT2D eigenvalue weighted by atomic mass is 10.2. The molecule has 0 spiro atoms. The number of aryl methyl sites for hydroxylation is 2. The number of benzene rings is 1. The zero-order valence-electron chi connectivity index (χ0n) is 16.3. The van der Waals surface area contributed by atoms with Crippen LogP contribution in [0, 0.1) is 19.7 Å². The van der Waals surface area contributed by atoms with E-state index in [1.165, 1.54) is 24.0 Å². The minimum atomic E-state index is -0.390. The van der Waals surface area contributed by atoms with Crippen molar-refractivity contribution in [1.29, 1.82) is 0 Å². The average molecular weight is 389 g/mol. The molecular formula is C20H24FN3O4. The molecule has 1 aliphatic heterocycles. The Kier molecular flexibility index (Phi) is 6.08. The van der Waals surface area contributed by atoms with Gasteiger partial charge in [0.1, 0.15) is 11.6 Å². The van der Waals surface area contributed by atoms with E-state index in [1.54, 1.807) is 24.0 Å². The first-order valence-corrected chi connectivity index (χ1v) is 9.14. The number of aromatic nitrogens is 1. The summed E-state index contributed by atoms with van der Waals surface area (Å²) in [6, 6.07) is 6.18. The molecule has 28 heavy (non-hydrogen) atoms. The molecule has 1 aliphatic rings. The minimum Gasteiger partial charge on any atom is -0.370 e. The van der Waals surface area contributed by atoms with Crippen molar-refractivity contribution >= 4 is 11.8 Å². The Morgan fingerprint density at radius 1 is 1.36 bits per heavy atom. The van der Waals surface area contributed by atoms with Crippen LogP contribution in [0.5, 0.6) is 0 Å². The van der Waals surface area contributed by atoms with Gasteiger partial charge in [0, 0.05) is 25.6 Å². The summed E-state index contributed by atoms with van der Waals surface area (Å²) in [6.07, 6.45) is -0.390.